The first kappa shape index (κ1) is 7.54. The molecule has 1 aliphatic rings. The van der Waals surface area contributed by atoms with E-state index in [-0.39, 0.29) is 29.5 Å². The number of carbonyl (C=O) groups is 2. The molecular formula is C6H7ClNO2. The molecule has 1 fully saturated rings. The van der Waals surface area contributed by atoms with Gasteiger partial charge >= 0.3 is 0 Å². The van der Waals surface area contributed by atoms with E-state index >= 15 is 0 Å². The van der Waals surface area contributed by atoms with Gasteiger partial charge < -0.3 is 0 Å². The second-order valence-corrected chi connectivity index (χ2v) is 3.02. The van der Waals surface area contributed by atoms with Crippen molar-refractivity contribution in [2.75, 3.05) is 0 Å². The highest BCUT2D eigenvalue weighted by atomic mass is 35.5. The summed E-state index contributed by atoms with van der Waals surface area (Å²) in [5, 5.41) is 2.94. The third-order valence-corrected chi connectivity index (χ3v) is 1.81. The van der Waals surface area contributed by atoms with Gasteiger partial charge in [-0.3, -0.25) is 9.59 Å². The zero-order chi connectivity index (χ0) is 7.72. The molecule has 0 aliphatic carbocycles. The van der Waals surface area contributed by atoms with Crippen LogP contribution >= 0.6 is 11.6 Å². The molecule has 0 aromatic heterocycles. The zero-order valence-electron chi connectivity index (χ0n) is 5.50. The van der Waals surface area contributed by atoms with Crippen LogP contribution in [0.25, 0.3) is 0 Å². The molecule has 1 rings (SSSR count). The lowest BCUT2D eigenvalue weighted by Crippen LogP contribution is -2.20. The largest absolute Gasteiger partial charge is 0.272 e. The van der Waals surface area contributed by atoms with E-state index < -0.39 is 0 Å². The van der Waals surface area contributed by atoms with Crippen LogP contribution in [0.1, 0.15) is 13.3 Å². The Bertz CT molecular complexity index is 179. The summed E-state index contributed by atoms with van der Waals surface area (Å²) in [6.07, 6.45) is 0.184. The van der Waals surface area contributed by atoms with Crippen molar-refractivity contribution in [1.29, 1.82) is 0 Å². The third kappa shape index (κ3) is 1.29. The van der Waals surface area contributed by atoms with Crippen molar-refractivity contribution in [3.63, 3.8) is 0 Å². The highest BCUT2D eigenvalue weighted by Crippen LogP contribution is 2.19. The Morgan fingerprint density at radius 1 is 1.70 bits per heavy atom. The minimum absolute atomic E-state index is 0.184. The van der Waals surface area contributed by atoms with Crippen molar-refractivity contribution in [2.45, 2.75) is 18.7 Å². The van der Waals surface area contributed by atoms with Crippen molar-refractivity contribution >= 4 is 23.4 Å². The Morgan fingerprint density at radius 3 is 2.50 bits per heavy atom. The van der Waals surface area contributed by atoms with Crippen LogP contribution in [0.15, 0.2) is 0 Å². The molecule has 1 saturated heterocycles. The van der Waals surface area contributed by atoms with Crippen molar-refractivity contribution < 1.29 is 9.59 Å². The van der Waals surface area contributed by atoms with E-state index in [4.69, 9.17) is 11.6 Å². The molecule has 2 atom stereocenters. The topological polar surface area (TPSA) is 48.2 Å². The molecule has 1 aliphatic heterocycles. The SMILES string of the molecule is CC(Cl)C1CC(=O)[N]C1=O. The summed E-state index contributed by atoms with van der Waals surface area (Å²) in [6, 6.07) is 0. The number of halogens is 1. The molecule has 0 aromatic carbocycles. The Kier molecular flexibility index (Phi) is 1.94. The molecule has 2 amide bonds. The summed E-state index contributed by atoms with van der Waals surface area (Å²) in [7, 11) is 0. The van der Waals surface area contributed by atoms with Crippen LogP contribution < -0.4 is 5.32 Å². The van der Waals surface area contributed by atoms with Gasteiger partial charge in [0.1, 0.15) is 0 Å². The van der Waals surface area contributed by atoms with E-state index in [0.717, 1.165) is 0 Å². The van der Waals surface area contributed by atoms with Crippen LogP contribution in [0.3, 0.4) is 0 Å². The fourth-order valence-electron chi connectivity index (χ4n) is 0.886. The number of nitrogens with zero attached hydrogens (tertiary/aromatic N) is 1. The molecule has 4 heteroatoms. The Labute approximate surface area is 63.7 Å². The maximum Gasteiger partial charge on any atom is 0.253 e. The summed E-state index contributed by atoms with van der Waals surface area (Å²) in [5.74, 6) is -1.09. The van der Waals surface area contributed by atoms with E-state index in [1.54, 1.807) is 6.92 Å². The lowest BCUT2D eigenvalue weighted by Gasteiger charge is -2.04. The normalized spacial score (nSPS) is 28.4. The maximum atomic E-state index is 10.8. The molecule has 1 heterocycles. The minimum Gasteiger partial charge on any atom is -0.272 e. The van der Waals surface area contributed by atoms with Gasteiger partial charge in [0.25, 0.3) is 5.91 Å². The molecule has 0 N–H and O–H groups in total. The van der Waals surface area contributed by atoms with Gasteiger partial charge in [0.2, 0.25) is 5.91 Å². The van der Waals surface area contributed by atoms with Crippen LogP contribution in [0.4, 0.5) is 0 Å². The third-order valence-electron chi connectivity index (χ3n) is 1.50. The lowest BCUT2D eigenvalue weighted by molar-refractivity contribution is -0.126. The summed E-state index contributed by atoms with van der Waals surface area (Å²) in [5.41, 5.74) is 0. The quantitative estimate of drug-likeness (QED) is 0.409. The van der Waals surface area contributed by atoms with Crippen molar-refractivity contribution in [3.05, 3.63) is 0 Å². The summed E-state index contributed by atoms with van der Waals surface area (Å²) in [6.45, 7) is 1.69. The van der Waals surface area contributed by atoms with E-state index in [9.17, 15) is 9.59 Å². The molecule has 1 radical (unpaired) electrons. The van der Waals surface area contributed by atoms with Crippen LogP contribution in [0.5, 0.6) is 0 Å². The van der Waals surface area contributed by atoms with Crippen LogP contribution in [-0.4, -0.2) is 17.2 Å². The molecule has 0 aromatic rings. The molecule has 3 nitrogen and oxygen atoms in total. The number of imide groups is 1. The molecule has 0 spiro atoms. The second kappa shape index (κ2) is 2.58. The summed E-state index contributed by atoms with van der Waals surface area (Å²) >= 11 is 5.61. The average Bonchev–Trinajstić information content (AvgIpc) is 2.10. The smallest absolute Gasteiger partial charge is 0.253 e. The van der Waals surface area contributed by atoms with Crippen LogP contribution in [0.2, 0.25) is 0 Å². The van der Waals surface area contributed by atoms with Crippen molar-refractivity contribution in [2.24, 2.45) is 5.92 Å². The number of alkyl halides is 1. The first-order chi connectivity index (χ1) is 4.61. The predicted octanol–water partition coefficient (Wildman–Crippen LogP) is 0.291. The van der Waals surface area contributed by atoms with Gasteiger partial charge in [-0.1, -0.05) is 0 Å². The zero-order valence-corrected chi connectivity index (χ0v) is 6.26. The van der Waals surface area contributed by atoms with E-state index in [1.807, 2.05) is 0 Å². The fraction of sp³-hybridized carbons (Fsp3) is 0.667. The average molecular weight is 161 g/mol. The van der Waals surface area contributed by atoms with Crippen molar-refractivity contribution in [3.8, 4) is 0 Å². The van der Waals surface area contributed by atoms with Gasteiger partial charge in [-0.15, -0.1) is 11.6 Å². The fourth-order valence-corrected chi connectivity index (χ4v) is 1.08. The van der Waals surface area contributed by atoms with Crippen LogP contribution in [-0.2, 0) is 9.59 Å². The van der Waals surface area contributed by atoms with Gasteiger partial charge in [-0.05, 0) is 6.92 Å². The number of amides is 2. The minimum atomic E-state index is -0.380. The monoisotopic (exact) mass is 160 g/mol. The molecule has 0 bridgehead atoms. The summed E-state index contributed by atoms with van der Waals surface area (Å²) in [4.78, 5) is 21.3. The number of carbonyl (C=O) groups excluding carboxylic acids is 2. The Balaban J connectivity index is 2.63. The molecular weight excluding hydrogens is 154 g/mol. The number of rotatable bonds is 1. The van der Waals surface area contributed by atoms with Gasteiger partial charge in [-0.2, -0.15) is 5.32 Å². The Morgan fingerprint density at radius 2 is 2.30 bits per heavy atom. The van der Waals surface area contributed by atoms with E-state index in [1.165, 1.54) is 0 Å². The highest BCUT2D eigenvalue weighted by Gasteiger charge is 2.35. The first-order valence-corrected chi connectivity index (χ1v) is 3.47. The molecule has 10 heavy (non-hydrogen) atoms. The molecule has 55 valence electrons. The molecule has 0 saturated carbocycles. The van der Waals surface area contributed by atoms with Crippen molar-refractivity contribution in [1.82, 2.24) is 5.32 Å². The molecule has 2 unspecified atom stereocenters. The van der Waals surface area contributed by atoms with Gasteiger partial charge in [0, 0.05) is 11.8 Å². The lowest BCUT2D eigenvalue weighted by atomic mass is 10.1. The van der Waals surface area contributed by atoms with Gasteiger partial charge in [0.05, 0.1) is 5.92 Å². The van der Waals surface area contributed by atoms with Crippen LogP contribution in [0, 0.1) is 5.92 Å². The number of hydrogen-bond donors (Lipinski definition) is 0. The first-order valence-electron chi connectivity index (χ1n) is 3.03. The van der Waals surface area contributed by atoms with Gasteiger partial charge in [-0.25, -0.2) is 0 Å². The number of hydrogen-bond acceptors (Lipinski definition) is 2. The second-order valence-electron chi connectivity index (χ2n) is 2.33. The van der Waals surface area contributed by atoms with Gasteiger partial charge in [0.15, 0.2) is 0 Å². The Hall–Kier alpha value is -0.570. The van der Waals surface area contributed by atoms with E-state index in [0.29, 0.717) is 0 Å². The maximum absolute atomic E-state index is 10.8. The summed E-state index contributed by atoms with van der Waals surface area (Å²) < 4.78 is 0. The highest BCUT2D eigenvalue weighted by molar-refractivity contribution is 6.23. The standard InChI is InChI=1S/C6H7ClNO2/c1-3(7)4-2-5(9)8-6(4)10/h3-4H,2H2,1H3. The predicted molar refractivity (Wildman–Crippen MR) is 35.6 cm³/mol. The van der Waals surface area contributed by atoms with E-state index in [2.05, 4.69) is 5.32 Å².